The minimum atomic E-state index is -0.0815. The molecule has 168 valence electrons. The average molecular weight is 459 g/mol. The lowest BCUT2D eigenvalue weighted by Crippen LogP contribution is -2.24. The maximum atomic E-state index is 12.9. The number of aryl methyl sites for hydroxylation is 1. The summed E-state index contributed by atoms with van der Waals surface area (Å²) in [4.78, 5) is 28.4. The number of benzene rings is 2. The normalized spacial score (nSPS) is 13.7. The third-order valence-electron chi connectivity index (χ3n) is 6.00. The summed E-state index contributed by atoms with van der Waals surface area (Å²) in [5.74, 6) is 0.140. The second-order valence-electron chi connectivity index (χ2n) is 8.48. The molecule has 0 atom stereocenters. The van der Waals surface area contributed by atoms with Crippen LogP contribution in [0.1, 0.15) is 44.9 Å². The molecule has 2 aromatic carbocycles. The standard InChI is InChI=1S/C26H26N4O2S/c1-18-22-14-23(33-26(22)30(28-18)17-19-7-3-2-4-8-19)25(32)27-15-20-9-5-10-21(13-20)16-29-12-6-11-24(29)31/h2-5,7-10,13-14H,6,11-12,15-17H2,1H3,(H,27,32). The smallest absolute Gasteiger partial charge is 0.261 e. The fourth-order valence-electron chi connectivity index (χ4n) is 4.29. The first-order valence-corrected chi connectivity index (χ1v) is 12.0. The molecule has 1 aliphatic heterocycles. The molecule has 2 amide bonds. The van der Waals surface area contributed by atoms with E-state index in [-0.39, 0.29) is 11.8 Å². The zero-order valence-electron chi connectivity index (χ0n) is 18.6. The Morgan fingerprint density at radius 3 is 2.61 bits per heavy atom. The summed E-state index contributed by atoms with van der Waals surface area (Å²) in [7, 11) is 0. The molecule has 4 aromatic rings. The van der Waals surface area contributed by atoms with Crippen LogP contribution in [0.5, 0.6) is 0 Å². The molecule has 0 bridgehead atoms. The molecule has 7 heteroatoms. The third kappa shape index (κ3) is 4.68. The Hall–Kier alpha value is -3.45. The Bertz CT molecular complexity index is 1310. The van der Waals surface area contributed by atoms with Gasteiger partial charge in [-0.05, 0) is 36.1 Å². The van der Waals surface area contributed by atoms with Gasteiger partial charge in [-0.1, -0.05) is 54.6 Å². The number of amides is 2. The average Bonchev–Trinajstić information content (AvgIpc) is 3.51. The highest BCUT2D eigenvalue weighted by Crippen LogP contribution is 2.29. The van der Waals surface area contributed by atoms with Crippen LogP contribution in [-0.4, -0.2) is 33.0 Å². The Labute approximate surface area is 196 Å². The van der Waals surface area contributed by atoms with Gasteiger partial charge in [0.25, 0.3) is 5.91 Å². The van der Waals surface area contributed by atoms with Gasteiger partial charge in [0.2, 0.25) is 5.91 Å². The molecular weight excluding hydrogens is 432 g/mol. The van der Waals surface area contributed by atoms with Crippen molar-refractivity contribution in [3.8, 4) is 0 Å². The van der Waals surface area contributed by atoms with Crippen molar-refractivity contribution in [3.05, 3.63) is 87.9 Å². The van der Waals surface area contributed by atoms with E-state index in [1.54, 1.807) is 0 Å². The van der Waals surface area contributed by atoms with Crippen molar-refractivity contribution in [1.82, 2.24) is 20.0 Å². The Morgan fingerprint density at radius 2 is 1.82 bits per heavy atom. The lowest BCUT2D eigenvalue weighted by atomic mass is 10.1. The van der Waals surface area contributed by atoms with Crippen LogP contribution >= 0.6 is 11.3 Å². The Balaban J connectivity index is 1.26. The maximum Gasteiger partial charge on any atom is 0.261 e. The van der Waals surface area contributed by atoms with Crippen LogP contribution in [0.2, 0.25) is 0 Å². The highest BCUT2D eigenvalue weighted by molar-refractivity contribution is 7.20. The van der Waals surface area contributed by atoms with Gasteiger partial charge >= 0.3 is 0 Å². The number of hydrogen-bond acceptors (Lipinski definition) is 4. The number of hydrogen-bond donors (Lipinski definition) is 1. The van der Waals surface area contributed by atoms with Crippen LogP contribution in [-0.2, 0) is 24.4 Å². The lowest BCUT2D eigenvalue weighted by molar-refractivity contribution is -0.128. The van der Waals surface area contributed by atoms with Crippen molar-refractivity contribution in [2.75, 3.05) is 6.54 Å². The van der Waals surface area contributed by atoms with Crippen LogP contribution < -0.4 is 5.32 Å². The van der Waals surface area contributed by atoms with E-state index in [0.29, 0.717) is 30.9 Å². The fourth-order valence-corrected chi connectivity index (χ4v) is 5.36. The fraction of sp³-hybridized carbons (Fsp3) is 0.269. The summed E-state index contributed by atoms with van der Waals surface area (Å²) in [6, 6.07) is 20.2. The first-order chi connectivity index (χ1) is 16.1. The second-order valence-corrected chi connectivity index (χ2v) is 9.51. The van der Waals surface area contributed by atoms with Gasteiger partial charge in [0.05, 0.1) is 17.1 Å². The number of rotatable bonds is 7. The van der Waals surface area contributed by atoms with Gasteiger partial charge in [-0.2, -0.15) is 5.10 Å². The van der Waals surface area contributed by atoms with Gasteiger partial charge in [-0.3, -0.25) is 14.3 Å². The molecule has 1 fully saturated rings. The zero-order valence-corrected chi connectivity index (χ0v) is 19.4. The summed E-state index contributed by atoms with van der Waals surface area (Å²) in [5.41, 5.74) is 4.23. The first-order valence-electron chi connectivity index (χ1n) is 11.2. The number of thiophene rings is 1. The first kappa shape index (κ1) is 21.4. The van der Waals surface area contributed by atoms with Gasteiger partial charge in [-0.25, -0.2) is 0 Å². The molecule has 1 saturated heterocycles. The largest absolute Gasteiger partial charge is 0.347 e. The molecular formula is C26H26N4O2S. The molecule has 1 aliphatic rings. The summed E-state index contributed by atoms with van der Waals surface area (Å²) < 4.78 is 1.98. The van der Waals surface area contributed by atoms with Crippen LogP contribution in [0.25, 0.3) is 10.2 Å². The van der Waals surface area contributed by atoms with E-state index in [1.165, 1.54) is 16.9 Å². The van der Waals surface area contributed by atoms with Crippen molar-refractivity contribution in [2.24, 2.45) is 0 Å². The number of nitrogens with zero attached hydrogens (tertiary/aromatic N) is 3. The molecule has 0 radical (unpaired) electrons. The van der Waals surface area contributed by atoms with Crippen LogP contribution in [0.4, 0.5) is 0 Å². The molecule has 33 heavy (non-hydrogen) atoms. The van der Waals surface area contributed by atoms with E-state index in [9.17, 15) is 9.59 Å². The summed E-state index contributed by atoms with van der Waals surface area (Å²) in [5, 5.41) is 8.74. The van der Waals surface area contributed by atoms with E-state index in [0.717, 1.165) is 40.0 Å². The number of carbonyl (C=O) groups is 2. The SMILES string of the molecule is Cc1nn(Cc2ccccc2)c2sc(C(=O)NCc3cccc(CN4CCCC4=O)c3)cc12. The zero-order chi connectivity index (χ0) is 22.8. The molecule has 2 aromatic heterocycles. The van der Waals surface area contributed by atoms with E-state index in [1.807, 2.05) is 59.0 Å². The molecule has 1 N–H and O–H groups in total. The molecule has 0 unspecified atom stereocenters. The van der Waals surface area contributed by atoms with Crippen LogP contribution in [0.15, 0.2) is 60.7 Å². The number of carbonyl (C=O) groups excluding carboxylic acids is 2. The third-order valence-corrected chi connectivity index (χ3v) is 7.14. The van der Waals surface area contributed by atoms with Crippen LogP contribution in [0.3, 0.4) is 0 Å². The topological polar surface area (TPSA) is 67.2 Å². The van der Waals surface area contributed by atoms with Crippen molar-refractivity contribution >= 4 is 33.4 Å². The van der Waals surface area contributed by atoms with E-state index >= 15 is 0 Å². The highest BCUT2D eigenvalue weighted by atomic mass is 32.1. The molecule has 0 aliphatic carbocycles. The summed E-state index contributed by atoms with van der Waals surface area (Å²) in [6.45, 7) is 4.57. The molecule has 5 rings (SSSR count). The van der Waals surface area contributed by atoms with E-state index in [4.69, 9.17) is 0 Å². The van der Waals surface area contributed by atoms with Gasteiger partial charge in [0.15, 0.2) is 0 Å². The predicted octanol–water partition coefficient (Wildman–Crippen LogP) is 4.51. The van der Waals surface area contributed by atoms with E-state index < -0.39 is 0 Å². The quantitative estimate of drug-likeness (QED) is 0.443. The van der Waals surface area contributed by atoms with Gasteiger partial charge in [0.1, 0.15) is 4.83 Å². The number of aromatic nitrogens is 2. The molecule has 3 heterocycles. The Morgan fingerprint density at radius 1 is 1.03 bits per heavy atom. The maximum absolute atomic E-state index is 12.9. The Kier molecular flexibility index (Phi) is 5.96. The predicted molar refractivity (Wildman–Crippen MR) is 130 cm³/mol. The molecule has 6 nitrogen and oxygen atoms in total. The van der Waals surface area contributed by atoms with Gasteiger partial charge in [0, 0.05) is 31.4 Å². The summed E-state index contributed by atoms with van der Waals surface area (Å²) >= 11 is 1.48. The summed E-state index contributed by atoms with van der Waals surface area (Å²) in [6.07, 6.45) is 1.58. The number of nitrogens with one attached hydrogen (secondary N) is 1. The van der Waals surface area contributed by atoms with Gasteiger partial charge in [-0.15, -0.1) is 11.3 Å². The minimum absolute atomic E-state index is 0.0815. The highest BCUT2D eigenvalue weighted by Gasteiger charge is 2.20. The van der Waals surface area contributed by atoms with E-state index in [2.05, 4.69) is 28.6 Å². The van der Waals surface area contributed by atoms with Crippen molar-refractivity contribution < 1.29 is 9.59 Å². The second kappa shape index (κ2) is 9.19. The number of fused-ring (bicyclic) bond motifs is 1. The molecule has 0 saturated carbocycles. The molecule has 0 spiro atoms. The lowest BCUT2D eigenvalue weighted by Gasteiger charge is -2.16. The number of likely N-dealkylation sites (tertiary alicyclic amines) is 1. The van der Waals surface area contributed by atoms with Gasteiger partial charge < -0.3 is 10.2 Å². The van der Waals surface area contributed by atoms with Crippen LogP contribution in [0, 0.1) is 6.92 Å². The van der Waals surface area contributed by atoms with Crippen molar-refractivity contribution in [2.45, 2.75) is 39.4 Å². The monoisotopic (exact) mass is 458 g/mol. The minimum Gasteiger partial charge on any atom is -0.347 e. The van der Waals surface area contributed by atoms with Crippen molar-refractivity contribution in [3.63, 3.8) is 0 Å². The van der Waals surface area contributed by atoms with Crippen molar-refractivity contribution in [1.29, 1.82) is 0 Å².